The van der Waals surface area contributed by atoms with E-state index in [0.29, 0.717) is 0 Å². The number of hydrogen-bond acceptors (Lipinski definition) is 0. The quantitative estimate of drug-likeness (QED) is 0.148. The zero-order valence-corrected chi connectivity index (χ0v) is 37.7. The second kappa shape index (κ2) is 14.3. The normalized spacial score (nSPS) is 14.5. The maximum absolute atomic E-state index is 2.52. The molecule has 0 saturated heterocycles. The molecule has 11 aromatic rings. The van der Waals surface area contributed by atoms with E-state index in [0.717, 1.165) is 0 Å². The highest BCUT2D eigenvalue weighted by atomic mass is 15.0. The fraction of sp³-hybridized carbons (Fsp3) is 0.0938. The van der Waals surface area contributed by atoms with Crippen molar-refractivity contribution in [3.63, 3.8) is 0 Å². The van der Waals surface area contributed by atoms with E-state index in [2.05, 4.69) is 255 Å². The molecule has 0 unspecified atom stereocenters. The summed E-state index contributed by atoms with van der Waals surface area (Å²) >= 11 is 0. The molecule has 0 N–H and O–H groups in total. The fourth-order valence-corrected chi connectivity index (χ4v) is 11.5. The van der Waals surface area contributed by atoms with Crippen LogP contribution in [0.4, 0.5) is 0 Å². The summed E-state index contributed by atoms with van der Waals surface area (Å²) in [6.45, 7) is 9.61. The van der Waals surface area contributed by atoms with E-state index in [1.54, 1.807) is 0 Å². The van der Waals surface area contributed by atoms with Gasteiger partial charge in [0.1, 0.15) is 0 Å². The molecule has 0 fully saturated rings. The highest BCUT2D eigenvalue weighted by Crippen LogP contribution is 2.56. The maximum atomic E-state index is 2.52. The summed E-state index contributed by atoms with van der Waals surface area (Å²) in [4.78, 5) is 0. The first kappa shape index (κ1) is 38.5. The molecule has 2 aliphatic carbocycles. The van der Waals surface area contributed by atoms with Gasteiger partial charge in [0.15, 0.2) is 0 Å². The fourth-order valence-electron chi connectivity index (χ4n) is 11.5. The summed E-state index contributed by atoms with van der Waals surface area (Å²) in [5.41, 5.74) is 22.9. The molecule has 66 heavy (non-hydrogen) atoms. The molecule has 0 amide bonds. The Labute approximate surface area is 386 Å². The Bertz CT molecular complexity index is 3600. The van der Waals surface area contributed by atoms with Crippen LogP contribution in [0, 0.1) is 0 Å². The summed E-state index contributed by atoms with van der Waals surface area (Å²) in [7, 11) is 0. The van der Waals surface area contributed by atoms with E-state index in [-0.39, 0.29) is 10.8 Å². The minimum Gasteiger partial charge on any atom is -0.309 e. The zero-order chi connectivity index (χ0) is 44.3. The van der Waals surface area contributed by atoms with Crippen molar-refractivity contribution >= 4 is 67.9 Å². The molecule has 0 saturated carbocycles. The topological polar surface area (TPSA) is 9.86 Å². The second-order valence-corrected chi connectivity index (χ2v) is 19.4. The first-order valence-corrected chi connectivity index (χ1v) is 23.2. The number of aromatic nitrogens is 2. The Balaban J connectivity index is 0.798. The van der Waals surface area contributed by atoms with Gasteiger partial charge in [-0.3, -0.25) is 0 Å². The molecule has 0 atom stereocenters. The van der Waals surface area contributed by atoms with Crippen molar-refractivity contribution in [2.24, 2.45) is 0 Å². The first-order valence-electron chi connectivity index (χ1n) is 23.2. The van der Waals surface area contributed by atoms with Crippen LogP contribution in [0.1, 0.15) is 72.2 Å². The van der Waals surface area contributed by atoms with Crippen molar-refractivity contribution in [3.8, 4) is 33.6 Å². The van der Waals surface area contributed by atoms with Crippen LogP contribution in [0.2, 0.25) is 0 Å². The van der Waals surface area contributed by atoms with E-state index in [1.165, 1.54) is 122 Å². The Hall–Kier alpha value is -7.94. The summed E-state index contributed by atoms with van der Waals surface area (Å²) < 4.78 is 4.75. The van der Waals surface area contributed by atoms with Gasteiger partial charge >= 0.3 is 0 Å². The Morgan fingerprint density at radius 3 is 1.05 bits per heavy atom. The van der Waals surface area contributed by atoms with Gasteiger partial charge in [-0.15, -0.1) is 0 Å². The van der Waals surface area contributed by atoms with Crippen LogP contribution >= 0.6 is 0 Å². The van der Waals surface area contributed by atoms with Gasteiger partial charge in [-0.1, -0.05) is 173 Å². The SMILES string of the molecule is CC1(C)c2cc(C=Cc3ccc4c(c3)c3ccccc3n4-c3ccccc3)ccc2-c2cc3c(cc21)-c1ccc(C=Cc2ccc4c(c2)c2ccccc2n4-c2ccccc2)cc1C3(C)C. The van der Waals surface area contributed by atoms with Crippen LogP contribution in [-0.2, 0) is 10.8 Å². The number of fused-ring (bicyclic) bond motifs is 12. The molecule has 0 aliphatic heterocycles. The van der Waals surface area contributed by atoms with Gasteiger partial charge in [0.25, 0.3) is 0 Å². The molecule has 13 rings (SSSR count). The molecule has 2 nitrogen and oxygen atoms in total. The molecule has 2 aliphatic rings. The maximum Gasteiger partial charge on any atom is 0.0541 e. The predicted molar refractivity (Wildman–Crippen MR) is 281 cm³/mol. The lowest BCUT2D eigenvalue weighted by Crippen LogP contribution is -2.17. The van der Waals surface area contributed by atoms with E-state index in [1.807, 2.05) is 0 Å². The number of para-hydroxylation sites is 4. The van der Waals surface area contributed by atoms with Gasteiger partial charge in [0, 0.05) is 43.7 Å². The highest BCUT2D eigenvalue weighted by Gasteiger charge is 2.41. The smallest absolute Gasteiger partial charge is 0.0541 e. The second-order valence-electron chi connectivity index (χ2n) is 19.4. The van der Waals surface area contributed by atoms with E-state index in [4.69, 9.17) is 0 Å². The molecular weight excluding hydrogens is 797 g/mol. The third-order valence-electron chi connectivity index (χ3n) is 14.9. The molecular formula is C64H48N2. The third kappa shape index (κ3) is 5.74. The van der Waals surface area contributed by atoms with Crippen LogP contribution in [0.15, 0.2) is 194 Å². The van der Waals surface area contributed by atoms with E-state index in [9.17, 15) is 0 Å². The summed E-state index contributed by atoms with van der Waals surface area (Å²) in [5.74, 6) is 0. The van der Waals surface area contributed by atoms with Gasteiger partial charge in [-0.2, -0.15) is 0 Å². The van der Waals surface area contributed by atoms with Crippen molar-refractivity contribution < 1.29 is 0 Å². The van der Waals surface area contributed by atoms with Crippen molar-refractivity contribution in [1.82, 2.24) is 9.13 Å². The Kier molecular flexibility index (Phi) is 8.33. The van der Waals surface area contributed by atoms with Crippen molar-refractivity contribution in [2.45, 2.75) is 38.5 Å². The molecule has 2 heterocycles. The molecule has 0 radical (unpaired) electrons. The first-order chi connectivity index (χ1) is 32.2. The molecule has 0 spiro atoms. The Morgan fingerprint density at radius 1 is 0.288 bits per heavy atom. The predicted octanol–water partition coefficient (Wildman–Crippen LogP) is 16.8. The van der Waals surface area contributed by atoms with Crippen LogP contribution < -0.4 is 0 Å². The minimum absolute atomic E-state index is 0.133. The average Bonchev–Trinajstić information content (AvgIpc) is 4.00. The summed E-state index contributed by atoms with van der Waals surface area (Å²) in [6.07, 6.45) is 9.11. The van der Waals surface area contributed by atoms with Gasteiger partial charge in [0.2, 0.25) is 0 Å². The third-order valence-corrected chi connectivity index (χ3v) is 14.9. The Morgan fingerprint density at radius 2 is 0.621 bits per heavy atom. The van der Waals surface area contributed by atoms with Gasteiger partial charge in [-0.05, 0) is 140 Å². The standard InChI is InChI=1S/C64H48N2/c1-63(2)55-37-43(25-23-41-29-33-61-53(35-41)49-19-11-13-21-59(49)65(61)45-15-7-5-8-16-45)27-31-47(55)51-40-58-52(39-57(51)63)48-32-28-44(38-56(48)64(58,3)4)26-24-42-30-34-62-54(36-42)50-20-12-14-22-60(50)66(62)46-17-9-6-10-18-46/h5-40H,1-4H3. The lowest BCUT2D eigenvalue weighted by molar-refractivity contribution is 0.652. The van der Waals surface area contributed by atoms with E-state index < -0.39 is 0 Å². The van der Waals surface area contributed by atoms with Gasteiger partial charge in [-0.25, -0.2) is 0 Å². The average molecular weight is 845 g/mol. The molecule has 314 valence electrons. The molecule has 2 heteroatoms. The summed E-state index contributed by atoms with van der Waals surface area (Å²) in [6, 6.07) is 71.7. The number of rotatable bonds is 6. The van der Waals surface area contributed by atoms with Crippen molar-refractivity contribution in [3.05, 3.63) is 239 Å². The van der Waals surface area contributed by atoms with Crippen LogP contribution in [-0.4, -0.2) is 9.13 Å². The lowest BCUT2D eigenvalue weighted by atomic mass is 9.79. The van der Waals surface area contributed by atoms with Crippen molar-refractivity contribution in [2.75, 3.05) is 0 Å². The largest absolute Gasteiger partial charge is 0.309 e. The van der Waals surface area contributed by atoms with Crippen LogP contribution in [0.25, 0.3) is 102 Å². The van der Waals surface area contributed by atoms with Gasteiger partial charge in [0.05, 0.1) is 22.1 Å². The monoisotopic (exact) mass is 844 g/mol. The molecule has 2 aromatic heterocycles. The number of hydrogen-bond donors (Lipinski definition) is 0. The van der Waals surface area contributed by atoms with Gasteiger partial charge < -0.3 is 9.13 Å². The molecule has 9 aromatic carbocycles. The van der Waals surface area contributed by atoms with Crippen LogP contribution in [0.5, 0.6) is 0 Å². The molecule has 0 bridgehead atoms. The lowest BCUT2D eigenvalue weighted by Gasteiger charge is -2.24. The van der Waals surface area contributed by atoms with Crippen LogP contribution in [0.3, 0.4) is 0 Å². The zero-order valence-electron chi connectivity index (χ0n) is 37.7. The summed E-state index contributed by atoms with van der Waals surface area (Å²) in [5, 5.41) is 5.08. The van der Waals surface area contributed by atoms with E-state index >= 15 is 0 Å². The number of benzene rings is 9. The number of nitrogens with zero attached hydrogens (tertiary/aromatic N) is 2. The van der Waals surface area contributed by atoms with Crippen molar-refractivity contribution in [1.29, 1.82) is 0 Å². The minimum atomic E-state index is -0.133. The highest BCUT2D eigenvalue weighted by molar-refractivity contribution is 6.11.